The molecule has 0 saturated carbocycles. The van der Waals surface area contributed by atoms with E-state index in [0.29, 0.717) is 5.56 Å². The molecular weight excluding hydrogens is 408 g/mol. The van der Waals surface area contributed by atoms with Crippen LogP contribution in [0.3, 0.4) is 0 Å². The molecule has 0 aromatic heterocycles. The zero-order valence-electron chi connectivity index (χ0n) is 15.1. The number of hydrogen-bond donors (Lipinski definition) is 0. The smallest absolute Gasteiger partial charge is 0.337 e. The summed E-state index contributed by atoms with van der Waals surface area (Å²) < 4.78 is 4.72. The molecule has 2 aromatic carbocycles. The summed E-state index contributed by atoms with van der Waals surface area (Å²) in [5.74, 6) is 0.863. The number of methoxy groups -OCH3 is 1. The molecule has 0 unspecified atom stereocenters. The first-order chi connectivity index (χ1) is 12.7. The summed E-state index contributed by atoms with van der Waals surface area (Å²) in [6, 6.07) is 16.0. The third kappa shape index (κ3) is 7.38. The zero-order chi connectivity index (χ0) is 18.6. The first kappa shape index (κ1) is 20.8. The van der Waals surface area contributed by atoms with Gasteiger partial charge in [0.2, 0.25) is 0 Å². The lowest BCUT2D eigenvalue weighted by Gasteiger charge is -2.03. The van der Waals surface area contributed by atoms with Crippen LogP contribution in [-0.4, -0.2) is 24.2 Å². The zero-order valence-corrected chi connectivity index (χ0v) is 17.5. The van der Waals surface area contributed by atoms with Gasteiger partial charge in [-0.05, 0) is 54.0 Å². The average molecular weight is 433 g/mol. The Bertz CT molecular complexity index is 710. The summed E-state index contributed by atoms with van der Waals surface area (Å²) in [5, 5.41) is 1.11. The van der Waals surface area contributed by atoms with Crippen LogP contribution in [-0.2, 0) is 4.74 Å². The fourth-order valence-electron chi connectivity index (χ4n) is 2.49. The molecule has 4 heteroatoms. The highest BCUT2D eigenvalue weighted by molar-refractivity contribution is 9.09. The summed E-state index contributed by atoms with van der Waals surface area (Å²) in [7, 11) is 1.39. The van der Waals surface area contributed by atoms with Gasteiger partial charge in [0.1, 0.15) is 0 Å². The fraction of sp³-hybridized carbons (Fsp3) is 0.318. The van der Waals surface area contributed by atoms with Crippen molar-refractivity contribution < 1.29 is 9.53 Å². The quantitative estimate of drug-likeness (QED) is 0.137. The standard InChI is InChI=1S/C22H25BrO2S/c1-25-22(24)20-13-11-18(12-14-20)9-10-19-7-6-8-21(17-19)26-16-5-3-2-4-15-23/h6-14,17H,2-5,15-16H2,1H3. The number of benzene rings is 2. The lowest BCUT2D eigenvalue weighted by molar-refractivity contribution is 0.0600. The number of hydrogen-bond acceptors (Lipinski definition) is 3. The average Bonchev–Trinajstić information content (AvgIpc) is 2.69. The largest absolute Gasteiger partial charge is 0.465 e. The topological polar surface area (TPSA) is 26.3 Å². The molecule has 0 aliphatic rings. The van der Waals surface area contributed by atoms with Crippen molar-refractivity contribution >= 4 is 45.8 Å². The van der Waals surface area contributed by atoms with Gasteiger partial charge in [0, 0.05) is 10.2 Å². The molecule has 0 amide bonds. The second-order valence-electron chi connectivity index (χ2n) is 5.97. The highest BCUT2D eigenvalue weighted by Crippen LogP contribution is 2.22. The summed E-state index contributed by atoms with van der Waals surface area (Å²) >= 11 is 5.40. The van der Waals surface area contributed by atoms with Gasteiger partial charge in [-0.1, -0.05) is 65.2 Å². The Morgan fingerprint density at radius 1 is 1.00 bits per heavy atom. The summed E-state index contributed by atoms with van der Waals surface area (Å²) in [6.07, 6.45) is 9.32. The Morgan fingerprint density at radius 3 is 2.46 bits per heavy atom. The van der Waals surface area contributed by atoms with Gasteiger partial charge in [-0.15, -0.1) is 11.8 Å². The van der Waals surface area contributed by atoms with Gasteiger partial charge >= 0.3 is 5.97 Å². The molecule has 0 fully saturated rings. The number of unbranched alkanes of at least 4 members (excludes halogenated alkanes) is 3. The summed E-state index contributed by atoms with van der Waals surface area (Å²) in [4.78, 5) is 12.8. The molecule has 0 N–H and O–H groups in total. The molecule has 0 atom stereocenters. The van der Waals surface area contributed by atoms with Gasteiger partial charge in [-0.2, -0.15) is 0 Å². The maximum absolute atomic E-state index is 11.5. The number of ether oxygens (including phenoxy) is 1. The van der Waals surface area contributed by atoms with Crippen LogP contribution in [0.25, 0.3) is 12.2 Å². The minimum Gasteiger partial charge on any atom is -0.465 e. The Morgan fingerprint density at radius 2 is 1.73 bits per heavy atom. The number of alkyl halides is 1. The van der Waals surface area contributed by atoms with Crippen molar-refractivity contribution in [1.29, 1.82) is 0 Å². The van der Waals surface area contributed by atoms with Crippen LogP contribution in [0.15, 0.2) is 53.4 Å². The minimum absolute atomic E-state index is 0.308. The van der Waals surface area contributed by atoms with Gasteiger partial charge < -0.3 is 4.74 Å². The number of esters is 1. The molecule has 2 rings (SSSR count). The molecule has 2 nitrogen and oxygen atoms in total. The van der Waals surface area contributed by atoms with E-state index in [0.717, 1.165) is 10.9 Å². The Labute approximate surface area is 169 Å². The lowest BCUT2D eigenvalue weighted by atomic mass is 10.1. The monoisotopic (exact) mass is 432 g/mol. The number of halogens is 1. The molecule has 26 heavy (non-hydrogen) atoms. The fourth-order valence-corrected chi connectivity index (χ4v) is 3.86. The predicted molar refractivity (Wildman–Crippen MR) is 116 cm³/mol. The second-order valence-corrected chi connectivity index (χ2v) is 7.93. The maximum Gasteiger partial charge on any atom is 0.337 e. The van der Waals surface area contributed by atoms with Gasteiger partial charge in [-0.25, -0.2) is 4.79 Å². The van der Waals surface area contributed by atoms with E-state index in [9.17, 15) is 4.79 Å². The maximum atomic E-state index is 11.5. The van der Waals surface area contributed by atoms with Crippen molar-refractivity contribution in [2.75, 3.05) is 18.2 Å². The highest BCUT2D eigenvalue weighted by Gasteiger charge is 2.03. The van der Waals surface area contributed by atoms with Crippen molar-refractivity contribution in [3.63, 3.8) is 0 Å². The number of thioether (sulfide) groups is 1. The predicted octanol–water partition coefficient (Wildman–Crippen LogP) is 6.69. The second kappa shape index (κ2) is 12.0. The molecule has 0 heterocycles. The van der Waals surface area contributed by atoms with E-state index in [-0.39, 0.29) is 5.97 Å². The molecule has 0 aliphatic heterocycles. The molecule has 138 valence electrons. The van der Waals surface area contributed by atoms with Crippen molar-refractivity contribution in [3.8, 4) is 0 Å². The van der Waals surface area contributed by atoms with E-state index >= 15 is 0 Å². The third-order valence-electron chi connectivity index (χ3n) is 3.95. The Kier molecular flexibility index (Phi) is 9.57. The molecule has 0 bridgehead atoms. The normalized spacial score (nSPS) is 11.0. The molecule has 0 spiro atoms. The van der Waals surface area contributed by atoms with Gasteiger partial charge in [0.15, 0.2) is 0 Å². The lowest BCUT2D eigenvalue weighted by Crippen LogP contribution is -2.00. The summed E-state index contributed by atoms with van der Waals surface area (Å²) in [6.45, 7) is 0. The van der Waals surface area contributed by atoms with E-state index in [1.165, 1.54) is 49.0 Å². The number of rotatable bonds is 10. The molecular formula is C22H25BrO2S. The van der Waals surface area contributed by atoms with E-state index in [1.54, 1.807) is 12.1 Å². The van der Waals surface area contributed by atoms with Crippen LogP contribution in [0.5, 0.6) is 0 Å². The van der Waals surface area contributed by atoms with Crippen LogP contribution in [0.1, 0.15) is 47.2 Å². The third-order valence-corrected chi connectivity index (χ3v) is 5.60. The van der Waals surface area contributed by atoms with E-state index in [4.69, 9.17) is 4.74 Å². The number of carbonyl (C=O) groups excluding carboxylic acids is 1. The van der Waals surface area contributed by atoms with Crippen molar-refractivity contribution in [1.82, 2.24) is 0 Å². The number of carbonyl (C=O) groups is 1. The Balaban J connectivity index is 1.87. The molecule has 0 radical (unpaired) electrons. The van der Waals surface area contributed by atoms with Gasteiger partial charge in [0.05, 0.1) is 12.7 Å². The van der Waals surface area contributed by atoms with Gasteiger partial charge in [-0.3, -0.25) is 0 Å². The SMILES string of the molecule is COC(=O)c1ccc(C=Cc2cccc(SCCCCCCBr)c2)cc1. The molecule has 0 saturated heterocycles. The highest BCUT2D eigenvalue weighted by atomic mass is 79.9. The molecule has 2 aromatic rings. The van der Waals surface area contributed by atoms with Crippen LogP contribution >= 0.6 is 27.7 Å². The van der Waals surface area contributed by atoms with E-state index in [1.807, 2.05) is 23.9 Å². The van der Waals surface area contributed by atoms with E-state index < -0.39 is 0 Å². The van der Waals surface area contributed by atoms with Crippen molar-refractivity contribution in [2.45, 2.75) is 30.6 Å². The molecule has 0 aliphatic carbocycles. The van der Waals surface area contributed by atoms with Crippen molar-refractivity contribution in [2.24, 2.45) is 0 Å². The first-order valence-corrected chi connectivity index (χ1v) is 11.0. The van der Waals surface area contributed by atoms with Crippen LogP contribution in [0, 0.1) is 0 Å². The van der Waals surface area contributed by atoms with Crippen LogP contribution in [0.2, 0.25) is 0 Å². The first-order valence-electron chi connectivity index (χ1n) is 8.88. The van der Waals surface area contributed by atoms with Crippen LogP contribution in [0.4, 0.5) is 0 Å². The minimum atomic E-state index is -0.308. The van der Waals surface area contributed by atoms with Crippen LogP contribution < -0.4 is 0 Å². The van der Waals surface area contributed by atoms with Crippen molar-refractivity contribution in [3.05, 3.63) is 65.2 Å². The Hall–Kier alpha value is -1.52. The summed E-state index contributed by atoms with van der Waals surface area (Å²) in [5.41, 5.74) is 2.81. The van der Waals surface area contributed by atoms with E-state index in [2.05, 4.69) is 52.3 Å². The van der Waals surface area contributed by atoms with Gasteiger partial charge in [0.25, 0.3) is 0 Å².